The number of rotatable bonds is 1. The first-order chi connectivity index (χ1) is 7.56. The molecule has 0 N–H and O–H groups in total. The van der Waals surface area contributed by atoms with E-state index in [9.17, 15) is 0 Å². The van der Waals surface area contributed by atoms with E-state index >= 15 is 0 Å². The molecular weight excluding hydrogens is 204 g/mol. The molecule has 0 saturated carbocycles. The zero-order valence-corrected chi connectivity index (χ0v) is 10.3. The lowest BCUT2D eigenvalue weighted by molar-refractivity contribution is 0.795. The fourth-order valence-electron chi connectivity index (χ4n) is 1.75. The SMILES string of the molecule is CN=c1nc(N(C)C)c2c(ncn2C)n1C. The van der Waals surface area contributed by atoms with Crippen molar-refractivity contribution in [3.8, 4) is 0 Å². The Bertz CT molecular complexity index is 589. The maximum Gasteiger partial charge on any atom is 0.227 e. The van der Waals surface area contributed by atoms with Gasteiger partial charge >= 0.3 is 0 Å². The second-order valence-corrected chi connectivity index (χ2v) is 3.94. The van der Waals surface area contributed by atoms with E-state index in [1.165, 1.54) is 0 Å². The van der Waals surface area contributed by atoms with Gasteiger partial charge in [-0.05, 0) is 0 Å². The molecule has 0 fully saturated rings. The maximum absolute atomic E-state index is 4.51. The molecule has 0 unspecified atom stereocenters. The average molecular weight is 220 g/mol. The monoisotopic (exact) mass is 220 g/mol. The molecule has 0 spiro atoms. The summed E-state index contributed by atoms with van der Waals surface area (Å²) in [6.45, 7) is 0. The highest BCUT2D eigenvalue weighted by molar-refractivity contribution is 5.83. The van der Waals surface area contributed by atoms with Crippen molar-refractivity contribution in [1.29, 1.82) is 0 Å². The third kappa shape index (κ3) is 1.37. The number of nitrogens with zero attached hydrogens (tertiary/aromatic N) is 6. The highest BCUT2D eigenvalue weighted by atomic mass is 15.2. The molecule has 2 aromatic rings. The number of aromatic nitrogens is 4. The molecule has 2 rings (SSSR count). The minimum atomic E-state index is 0.676. The fourth-order valence-corrected chi connectivity index (χ4v) is 1.75. The Morgan fingerprint density at radius 2 is 2.00 bits per heavy atom. The standard InChI is InChI=1S/C10H16N6/c1-11-10-13-9(14(2)3)7-8(16(10)5)12-6-15(7)4/h6H,1-5H3. The minimum Gasteiger partial charge on any atom is -0.361 e. The van der Waals surface area contributed by atoms with Crippen LogP contribution >= 0.6 is 0 Å². The van der Waals surface area contributed by atoms with Gasteiger partial charge in [-0.25, -0.2) is 4.98 Å². The van der Waals surface area contributed by atoms with Gasteiger partial charge in [-0.2, -0.15) is 4.98 Å². The van der Waals surface area contributed by atoms with Gasteiger partial charge in [0.05, 0.1) is 6.33 Å². The summed E-state index contributed by atoms with van der Waals surface area (Å²) in [5.41, 5.74) is 2.58. The van der Waals surface area contributed by atoms with Crippen LogP contribution in [0.15, 0.2) is 11.3 Å². The summed E-state index contributed by atoms with van der Waals surface area (Å²) in [6.07, 6.45) is 1.79. The highest BCUT2D eigenvalue weighted by Gasteiger charge is 2.12. The largest absolute Gasteiger partial charge is 0.361 e. The van der Waals surface area contributed by atoms with Crippen LogP contribution in [0.1, 0.15) is 0 Å². The zero-order chi connectivity index (χ0) is 11.9. The van der Waals surface area contributed by atoms with Gasteiger partial charge in [-0.15, -0.1) is 0 Å². The number of hydrogen-bond acceptors (Lipinski definition) is 4. The lowest BCUT2D eigenvalue weighted by Gasteiger charge is -2.14. The molecule has 2 heterocycles. The van der Waals surface area contributed by atoms with Crippen molar-refractivity contribution in [1.82, 2.24) is 19.1 Å². The van der Waals surface area contributed by atoms with E-state index in [0.717, 1.165) is 17.0 Å². The first-order valence-electron chi connectivity index (χ1n) is 5.04. The van der Waals surface area contributed by atoms with Crippen LogP contribution in [0.5, 0.6) is 0 Å². The highest BCUT2D eigenvalue weighted by Crippen LogP contribution is 2.18. The van der Waals surface area contributed by atoms with E-state index in [4.69, 9.17) is 0 Å². The maximum atomic E-state index is 4.51. The van der Waals surface area contributed by atoms with Crippen LogP contribution in [-0.2, 0) is 14.1 Å². The van der Waals surface area contributed by atoms with Crippen molar-refractivity contribution in [2.75, 3.05) is 26.0 Å². The molecule has 0 atom stereocenters. The molecule has 6 nitrogen and oxygen atoms in total. The quantitative estimate of drug-likeness (QED) is 0.674. The van der Waals surface area contributed by atoms with Crippen molar-refractivity contribution < 1.29 is 0 Å². The van der Waals surface area contributed by atoms with E-state index in [1.54, 1.807) is 13.4 Å². The number of anilines is 1. The normalized spacial score (nSPS) is 12.4. The van der Waals surface area contributed by atoms with Gasteiger partial charge in [0.2, 0.25) is 5.62 Å². The molecule has 16 heavy (non-hydrogen) atoms. The molecule has 0 radical (unpaired) electrons. The Morgan fingerprint density at radius 1 is 1.31 bits per heavy atom. The van der Waals surface area contributed by atoms with Gasteiger partial charge in [-0.3, -0.25) is 9.56 Å². The van der Waals surface area contributed by atoms with Crippen molar-refractivity contribution in [2.24, 2.45) is 19.1 Å². The Balaban J connectivity index is 2.99. The molecule has 0 bridgehead atoms. The van der Waals surface area contributed by atoms with Crippen LogP contribution in [0, 0.1) is 0 Å². The molecule has 6 heteroatoms. The predicted molar refractivity (Wildman–Crippen MR) is 63.3 cm³/mol. The summed E-state index contributed by atoms with van der Waals surface area (Å²) in [6, 6.07) is 0. The molecular formula is C10H16N6. The molecule has 0 aromatic carbocycles. The third-order valence-corrected chi connectivity index (χ3v) is 2.58. The Hall–Kier alpha value is -1.85. The lowest BCUT2D eigenvalue weighted by atomic mass is 10.4. The van der Waals surface area contributed by atoms with E-state index in [-0.39, 0.29) is 0 Å². The van der Waals surface area contributed by atoms with Gasteiger partial charge in [-0.1, -0.05) is 0 Å². The number of imidazole rings is 1. The second-order valence-electron chi connectivity index (χ2n) is 3.94. The van der Waals surface area contributed by atoms with Crippen LogP contribution in [0.25, 0.3) is 11.2 Å². The van der Waals surface area contributed by atoms with Crippen LogP contribution < -0.4 is 10.5 Å². The van der Waals surface area contributed by atoms with Crippen LogP contribution in [0.2, 0.25) is 0 Å². The molecule has 0 amide bonds. The van der Waals surface area contributed by atoms with Gasteiger partial charge in [0.25, 0.3) is 0 Å². The molecule has 0 aliphatic heterocycles. The smallest absolute Gasteiger partial charge is 0.227 e. The minimum absolute atomic E-state index is 0.676. The van der Waals surface area contributed by atoms with E-state index in [0.29, 0.717) is 5.62 Å². The van der Waals surface area contributed by atoms with Crippen molar-refractivity contribution >= 4 is 17.0 Å². The average Bonchev–Trinajstić information content (AvgIpc) is 2.62. The first-order valence-corrected chi connectivity index (χ1v) is 5.04. The van der Waals surface area contributed by atoms with Crippen LogP contribution in [-0.4, -0.2) is 40.2 Å². The topological polar surface area (TPSA) is 51.2 Å². The Labute approximate surface area is 93.9 Å². The molecule has 0 saturated heterocycles. The van der Waals surface area contributed by atoms with E-state index in [2.05, 4.69) is 15.0 Å². The van der Waals surface area contributed by atoms with Crippen molar-refractivity contribution in [3.63, 3.8) is 0 Å². The summed E-state index contributed by atoms with van der Waals surface area (Å²) in [5, 5.41) is 0. The van der Waals surface area contributed by atoms with Crippen LogP contribution in [0.4, 0.5) is 5.82 Å². The first kappa shape index (κ1) is 10.7. The van der Waals surface area contributed by atoms with E-state index in [1.807, 2.05) is 42.2 Å². The molecule has 0 aliphatic carbocycles. The summed E-state index contributed by atoms with van der Waals surface area (Å²) >= 11 is 0. The number of fused-ring (bicyclic) bond motifs is 1. The fraction of sp³-hybridized carbons (Fsp3) is 0.500. The predicted octanol–water partition coefficient (Wildman–Crippen LogP) is -0.0967. The van der Waals surface area contributed by atoms with Gasteiger partial charge in [0.15, 0.2) is 11.5 Å². The summed E-state index contributed by atoms with van der Waals surface area (Å²) < 4.78 is 3.86. The second kappa shape index (κ2) is 3.62. The number of hydrogen-bond donors (Lipinski definition) is 0. The van der Waals surface area contributed by atoms with Crippen molar-refractivity contribution in [2.45, 2.75) is 0 Å². The number of aryl methyl sites for hydroxylation is 2. The summed E-state index contributed by atoms with van der Waals surface area (Å²) in [5.74, 6) is 0.883. The molecule has 0 aliphatic rings. The molecule has 2 aromatic heterocycles. The summed E-state index contributed by atoms with van der Waals surface area (Å²) in [4.78, 5) is 15.0. The molecule has 86 valence electrons. The third-order valence-electron chi connectivity index (χ3n) is 2.58. The van der Waals surface area contributed by atoms with E-state index < -0.39 is 0 Å². The van der Waals surface area contributed by atoms with Gasteiger partial charge in [0, 0.05) is 35.2 Å². The van der Waals surface area contributed by atoms with Crippen LogP contribution in [0.3, 0.4) is 0 Å². The lowest BCUT2D eigenvalue weighted by Crippen LogP contribution is -2.26. The van der Waals surface area contributed by atoms with Gasteiger partial charge < -0.3 is 9.47 Å². The van der Waals surface area contributed by atoms with Gasteiger partial charge in [0.1, 0.15) is 5.52 Å². The Morgan fingerprint density at radius 3 is 2.56 bits per heavy atom. The Kier molecular flexibility index (Phi) is 2.41. The summed E-state index contributed by atoms with van der Waals surface area (Å²) in [7, 11) is 9.55. The van der Waals surface area contributed by atoms with Crippen molar-refractivity contribution in [3.05, 3.63) is 11.9 Å². The zero-order valence-electron chi connectivity index (χ0n) is 10.3.